The van der Waals surface area contributed by atoms with Crippen LogP contribution in [0.15, 0.2) is 16.5 Å². The second kappa shape index (κ2) is 10.7. The monoisotopic (exact) mass is 504 g/mol. The van der Waals surface area contributed by atoms with Crippen LogP contribution in [0.2, 0.25) is 0 Å². The van der Waals surface area contributed by atoms with E-state index >= 15 is 0 Å². The number of nitrogens with zero attached hydrogens (tertiary/aromatic N) is 3. The standard InChI is InChI=1S/C21H27F3N4O5S/c22-21(23,24)7-9-34(32,33)26-11-16(20(30)31)10-18(29)28-12-14(13-28)3-5-17-6-4-15-2-1-8-25-19(15)27-17/h4,6,11,14,16H,1-3,5,7-10,12-13H2,(H,25,27)(H,30,31)/t16-/m1/s1. The molecule has 2 aliphatic rings. The van der Waals surface area contributed by atoms with Crippen molar-refractivity contribution in [1.29, 1.82) is 0 Å². The molecule has 0 spiro atoms. The van der Waals surface area contributed by atoms with E-state index in [2.05, 4.69) is 20.8 Å². The smallest absolute Gasteiger partial charge is 0.390 e. The van der Waals surface area contributed by atoms with Crippen molar-refractivity contribution in [2.45, 2.75) is 44.7 Å². The number of carboxylic acids is 1. The van der Waals surface area contributed by atoms with Crippen molar-refractivity contribution in [3.05, 3.63) is 23.4 Å². The van der Waals surface area contributed by atoms with Crippen LogP contribution in [-0.4, -0.2) is 73.1 Å². The first-order valence-electron chi connectivity index (χ1n) is 11.0. The van der Waals surface area contributed by atoms with Crippen LogP contribution in [0.5, 0.6) is 0 Å². The third kappa shape index (κ3) is 7.67. The van der Waals surface area contributed by atoms with E-state index in [9.17, 15) is 36.3 Å². The molecule has 3 heterocycles. The number of aliphatic carboxylic acids is 1. The van der Waals surface area contributed by atoms with E-state index in [-0.39, 0.29) is 5.92 Å². The van der Waals surface area contributed by atoms with E-state index in [0.717, 1.165) is 43.7 Å². The summed E-state index contributed by atoms with van der Waals surface area (Å²) < 4.78 is 62.9. The zero-order chi connectivity index (χ0) is 24.9. The minimum absolute atomic E-state index is 0.245. The number of sulfonamides is 1. The number of nitrogens with one attached hydrogen (secondary N) is 1. The molecule has 1 aromatic rings. The number of rotatable bonds is 10. The van der Waals surface area contributed by atoms with E-state index in [1.54, 1.807) is 0 Å². The Labute approximate surface area is 195 Å². The van der Waals surface area contributed by atoms with Gasteiger partial charge >= 0.3 is 12.1 Å². The fourth-order valence-electron chi connectivity index (χ4n) is 3.80. The van der Waals surface area contributed by atoms with Crippen molar-refractivity contribution in [3.8, 4) is 0 Å². The summed E-state index contributed by atoms with van der Waals surface area (Å²) in [6, 6.07) is 4.09. The topological polar surface area (TPSA) is 129 Å². The zero-order valence-electron chi connectivity index (χ0n) is 18.4. The minimum Gasteiger partial charge on any atom is -0.481 e. The molecule has 0 aliphatic carbocycles. The first kappa shape index (κ1) is 25.9. The Hall–Kier alpha value is -2.70. The molecule has 3 rings (SSSR count). The van der Waals surface area contributed by atoms with Gasteiger partial charge in [0.05, 0.1) is 12.2 Å². The van der Waals surface area contributed by atoms with Crippen LogP contribution in [0.4, 0.5) is 19.0 Å². The number of carbonyl (C=O) groups is 2. The van der Waals surface area contributed by atoms with E-state index in [1.165, 1.54) is 10.5 Å². The molecule has 2 N–H and O–H groups in total. The summed E-state index contributed by atoms with van der Waals surface area (Å²) in [6.45, 7) is 1.81. The van der Waals surface area contributed by atoms with Crippen LogP contribution in [0.3, 0.4) is 0 Å². The maximum atomic E-state index is 12.4. The maximum Gasteiger partial charge on any atom is 0.390 e. The number of carbonyl (C=O) groups excluding carboxylic acids is 1. The Morgan fingerprint density at radius 1 is 1.32 bits per heavy atom. The van der Waals surface area contributed by atoms with Gasteiger partial charge in [-0.25, -0.2) is 13.4 Å². The molecule has 13 heteroatoms. The average Bonchev–Trinajstić information content (AvgIpc) is 2.73. The molecule has 1 atom stereocenters. The molecule has 0 unspecified atom stereocenters. The van der Waals surface area contributed by atoms with Crippen molar-refractivity contribution in [2.24, 2.45) is 16.2 Å². The molecule has 0 radical (unpaired) electrons. The number of carboxylic acid groups (broad SMARTS) is 1. The molecule has 2 aliphatic heterocycles. The van der Waals surface area contributed by atoms with Gasteiger partial charge in [0.2, 0.25) is 5.91 Å². The van der Waals surface area contributed by atoms with Crippen LogP contribution in [-0.2, 0) is 32.5 Å². The molecule has 188 valence electrons. The highest BCUT2D eigenvalue weighted by Crippen LogP contribution is 2.25. The quantitative estimate of drug-likeness (QED) is 0.468. The van der Waals surface area contributed by atoms with Crippen LogP contribution in [0.1, 0.15) is 36.9 Å². The van der Waals surface area contributed by atoms with E-state index in [4.69, 9.17) is 0 Å². The summed E-state index contributed by atoms with van der Waals surface area (Å²) in [5, 5.41) is 12.5. The largest absolute Gasteiger partial charge is 0.481 e. The number of halogens is 3. The fourth-order valence-corrected chi connectivity index (χ4v) is 4.73. The lowest BCUT2D eigenvalue weighted by Gasteiger charge is -2.39. The van der Waals surface area contributed by atoms with Crippen molar-refractivity contribution in [3.63, 3.8) is 0 Å². The van der Waals surface area contributed by atoms with E-state index in [1.807, 2.05) is 6.07 Å². The Morgan fingerprint density at radius 3 is 2.74 bits per heavy atom. The number of likely N-dealkylation sites (tertiary alicyclic amines) is 1. The number of hydrogen-bond donors (Lipinski definition) is 2. The van der Waals surface area contributed by atoms with Gasteiger partial charge in [-0.05, 0) is 43.2 Å². The van der Waals surface area contributed by atoms with Gasteiger partial charge in [-0.2, -0.15) is 17.6 Å². The Morgan fingerprint density at radius 2 is 2.06 bits per heavy atom. The lowest BCUT2D eigenvalue weighted by atomic mass is 9.92. The maximum absolute atomic E-state index is 12.4. The minimum atomic E-state index is -4.67. The molecular formula is C21H27F3N4O5S. The zero-order valence-corrected chi connectivity index (χ0v) is 19.2. The number of aromatic nitrogens is 1. The first-order chi connectivity index (χ1) is 15.9. The van der Waals surface area contributed by atoms with Gasteiger partial charge in [-0.15, -0.1) is 0 Å². The number of fused-ring (bicyclic) bond motifs is 1. The van der Waals surface area contributed by atoms with Crippen LogP contribution < -0.4 is 5.32 Å². The Balaban J connectivity index is 1.44. The van der Waals surface area contributed by atoms with Gasteiger partial charge in [0.15, 0.2) is 0 Å². The number of alkyl halides is 3. The fraction of sp³-hybridized carbons (Fsp3) is 0.619. The van der Waals surface area contributed by atoms with Crippen LogP contribution in [0, 0.1) is 11.8 Å². The van der Waals surface area contributed by atoms with Crippen molar-refractivity contribution in [1.82, 2.24) is 9.88 Å². The number of amides is 1. The normalized spacial score (nSPS) is 17.7. The summed E-state index contributed by atoms with van der Waals surface area (Å²) >= 11 is 0. The predicted molar refractivity (Wildman–Crippen MR) is 118 cm³/mol. The lowest BCUT2D eigenvalue weighted by Crippen LogP contribution is -2.50. The van der Waals surface area contributed by atoms with Gasteiger partial charge in [0.1, 0.15) is 11.7 Å². The Bertz CT molecular complexity index is 1040. The number of anilines is 1. The Kier molecular flexibility index (Phi) is 8.16. The molecule has 9 nitrogen and oxygen atoms in total. The molecule has 1 amide bonds. The number of pyridine rings is 1. The SMILES string of the molecule is O=C(O)[C@@H](C=NS(=O)(=O)CCC(F)(F)F)CC(=O)N1CC(CCc2ccc3c(n2)NCCC3)C1. The van der Waals surface area contributed by atoms with Crippen molar-refractivity contribution in [2.75, 3.05) is 30.7 Å². The highest BCUT2D eigenvalue weighted by Gasteiger charge is 2.33. The average molecular weight is 505 g/mol. The molecule has 0 bridgehead atoms. The molecule has 1 aromatic heterocycles. The van der Waals surface area contributed by atoms with Gasteiger partial charge in [0.25, 0.3) is 10.0 Å². The molecule has 34 heavy (non-hydrogen) atoms. The van der Waals surface area contributed by atoms with Gasteiger partial charge in [-0.1, -0.05) is 6.07 Å². The second-order valence-electron chi connectivity index (χ2n) is 8.60. The van der Waals surface area contributed by atoms with Crippen LogP contribution in [0.25, 0.3) is 0 Å². The lowest BCUT2D eigenvalue weighted by molar-refractivity contribution is -0.145. The summed E-state index contributed by atoms with van der Waals surface area (Å²) in [6.07, 6.45) is -2.59. The molecule has 0 aromatic carbocycles. The van der Waals surface area contributed by atoms with Gasteiger partial charge in [-0.3, -0.25) is 9.59 Å². The van der Waals surface area contributed by atoms with Gasteiger partial charge < -0.3 is 15.3 Å². The number of hydrogen-bond acceptors (Lipinski definition) is 6. The van der Waals surface area contributed by atoms with E-state index in [0.29, 0.717) is 19.3 Å². The van der Waals surface area contributed by atoms with Crippen molar-refractivity contribution < 1.29 is 36.3 Å². The first-order valence-corrected chi connectivity index (χ1v) is 12.6. The second-order valence-corrected chi connectivity index (χ2v) is 10.4. The molecule has 1 saturated heterocycles. The van der Waals surface area contributed by atoms with Gasteiger partial charge in [0, 0.05) is 38.0 Å². The van der Waals surface area contributed by atoms with E-state index < -0.39 is 52.6 Å². The molecular weight excluding hydrogens is 477 g/mol. The predicted octanol–water partition coefficient (Wildman–Crippen LogP) is 2.27. The third-order valence-corrected chi connectivity index (χ3v) is 6.99. The highest BCUT2D eigenvalue weighted by molar-refractivity contribution is 7.90. The number of aryl methyl sites for hydroxylation is 2. The highest BCUT2D eigenvalue weighted by atomic mass is 32.2. The van der Waals surface area contributed by atoms with Crippen LogP contribution >= 0.6 is 0 Å². The molecule has 0 saturated carbocycles. The molecule has 1 fully saturated rings. The summed E-state index contributed by atoms with van der Waals surface area (Å²) in [4.78, 5) is 29.9. The summed E-state index contributed by atoms with van der Waals surface area (Å²) in [5.41, 5.74) is 2.17. The van der Waals surface area contributed by atoms with Crippen molar-refractivity contribution >= 4 is 33.9 Å². The summed E-state index contributed by atoms with van der Waals surface area (Å²) in [5.74, 6) is -3.60. The summed E-state index contributed by atoms with van der Waals surface area (Å²) in [7, 11) is -4.49. The third-order valence-electron chi connectivity index (χ3n) is 5.83.